The van der Waals surface area contributed by atoms with Gasteiger partial charge in [0.1, 0.15) is 11.9 Å². The Kier molecular flexibility index (Phi) is 5.00. The molecule has 3 rings (SSSR count). The summed E-state index contributed by atoms with van der Waals surface area (Å²) in [5.74, 6) is 1.45. The van der Waals surface area contributed by atoms with Gasteiger partial charge in [-0.2, -0.15) is 5.10 Å². The lowest BCUT2D eigenvalue weighted by atomic mass is 10.2. The number of benzene rings is 1. The standard InChI is InChI=1S/C19H22N4O2/c1-13-6-8-16(9-7-13)23-18(11-14(2)22-23)21-19(24)12-20-15(3)17-5-4-10-25-17/h4-11,15,20H,12H2,1-3H3,(H,21,24)/p+1/t15-/m0/s1. The number of carbonyl (C=O) groups excluding carboxylic acids is 1. The summed E-state index contributed by atoms with van der Waals surface area (Å²) in [6, 6.07) is 13.7. The zero-order chi connectivity index (χ0) is 17.8. The quantitative estimate of drug-likeness (QED) is 0.724. The van der Waals surface area contributed by atoms with Crippen molar-refractivity contribution >= 4 is 11.7 Å². The Hall–Kier alpha value is -2.86. The molecule has 0 aliphatic heterocycles. The molecule has 1 aromatic carbocycles. The molecule has 0 bridgehead atoms. The van der Waals surface area contributed by atoms with Gasteiger partial charge in [-0.05, 0) is 45.0 Å². The number of furan rings is 1. The number of hydrogen-bond acceptors (Lipinski definition) is 3. The van der Waals surface area contributed by atoms with E-state index in [-0.39, 0.29) is 11.9 Å². The van der Waals surface area contributed by atoms with Crippen LogP contribution in [0.2, 0.25) is 0 Å². The highest BCUT2D eigenvalue weighted by Gasteiger charge is 2.16. The summed E-state index contributed by atoms with van der Waals surface area (Å²) >= 11 is 0. The minimum atomic E-state index is -0.0772. The molecule has 2 heterocycles. The molecule has 1 amide bonds. The molecule has 0 fully saturated rings. The van der Waals surface area contributed by atoms with Crippen LogP contribution in [0.25, 0.3) is 5.69 Å². The second-order valence-electron chi connectivity index (χ2n) is 6.21. The molecule has 6 heteroatoms. The molecule has 0 saturated heterocycles. The number of hydrogen-bond donors (Lipinski definition) is 2. The van der Waals surface area contributed by atoms with Crippen LogP contribution in [0.5, 0.6) is 0 Å². The smallest absolute Gasteiger partial charge is 0.280 e. The van der Waals surface area contributed by atoms with Gasteiger partial charge in [0.15, 0.2) is 12.3 Å². The van der Waals surface area contributed by atoms with E-state index in [0.717, 1.165) is 17.1 Å². The number of nitrogens with zero attached hydrogens (tertiary/aromatic N) is 2. The van der Waals surface area contributed by atoms with Crippen molar-refractivity contribution in [3.05, 3.63) is 65.7 Å². The van der Waals surface area contributed by atoms with Crippen molar-refractivity contribution in [3.63, 3.8) is 0 Å². The minimum absolute atomic E-state index is 0.0772. The predicted octanol–water partition coefficient (Wildman–Crippen LogP) is 2.35. The molecule has 0 aliphatic rings. The zero-order valence-corrected chi connectivity index (χ0v) is 14.7. The van der Waals surface area contributed by atoms with E-state index >= 15 is 0 Å². The van der Waals surface area contributed by atoms with Gasteiger partial charge in [0.25, 0.3) is 5.91 Å². The number of anilines is 1. The Balaban J connectivity index is 1.66. The zero-order valence-electron chi connectivity index (χ0n) is 14.7. The summed E-state index contributed by atoms with van der Waals surface area (Å²) in [5, 5.41) is 9.36. The lowest BCUT2D eigenvalue weighted by Crippen LogP contribution is -2.86. The first-order chi connectivity index (χ1) is 12.0. The number of carbonyl (C=O) groups is 1. The summed E-state index contributed by atoms with van der Waals surface area (Å²) in [6.07, 6.45) is 1.64. The van der Waals surface area contributed by atoms with E-state index in [2.05, 4.69) is 10.4 Å². The minimum Gasteiger partial charge on any atom is -0.463 e. The maximum Gasteiger partial charge on any atom is 0.280 e. The molecule has 6 nitrogen and oxygen atoms in total. The third-order valence-electron chi connectivity index (χ3n) is 4.03. The summed E-state index contributed by atoms with van der Waals surface area (Å²) in [4.78, 5) is 12.3. The van der Waals surface area contributed by atoms with Crippen molar-refractivity contribution in [2.24, 2.45) is 0 Å². The lowest BCUT2D eigenvalue weighted by molar-refractivity contribution is -0.684. The third-order valence-corrected chi connectivity index (χ3v) is 4.03. The van der Waals surface area contributed by atoms with Crippen molar-refractivity contribution in [2.75, 3.05) is 11.9 Å². The molecule has 0 unspecified atom stereocenters. The van der Waals surface area contributed by atoms with Crippen molar-refractivity contribution in [1.29, 1.82) is 0 Å². The van der Waals surface area contributed by atoms with E-state index in [0.29, 0.717) is 12.4 Å². The lowest BCUT2D eigenvalue weighted by Gasteiger charge is -2.10. The second kappa shape index (κ2) is 7.36. The highest BCUT2D eigenvalue weighted by molar-refractivity contribution is 5.90. The summed E-state index contributed by atoms with van der Waals surface area (Å²) in [6.45, 7) is 6.26. The Morgan fingerprint density at radius 2 is 2.04 bits per heavy atom. The monoisotopic (exact) mass is 339 g/mol. The van der Waals surface area contributed by atoms with Crippen LogP contribution in [-0.2, 0) is 4.79 Å². The highest BCUT2D eigenvalue weighted by atomic mass is 16.3. The molecule has 3 N–H and O–H groups in total. The van der Waals surface area contributed by atoms with Crippen LogP contribution in [-0.4, -0.2) is 22.2 Å². The SMILES string of the molecule is Cc1ccc(-n2nc(C)cc2NC(=O)C[NH2+][C@@H](C)c2ccco2)cc1. The van der Waals surface area contributed by atoms with E-state index in [4.69, 9.17) is 4.42 Å². The van der Waals surface area contributed by atoms with Gasteiger partial charge < -0.3 is 15.1 Å². The molecule has 3 aromatic rings. The Bertz CT molecular complexity index is 835. The van der Waals surface area contributed by atoms with Crippen LogP contribution in [0.4, 0.5) is 5.82 Å². The Labute approximate surface area is 146 Å². The van der Waals surface area contributed by atoms with Crippen molar-refractivity contribution < 1.29 is 14.5 Å². The van der Waals surface area contributed by atoms with Crippen LogP contribution in [0.3, 0.4) is 0 Å². The maximum absolute atomic E-state index is 12.3. The first-order valence-corrected chi connectivity index (χ1v) is 8.33. The van der Waals surface area contributed by atoms with Gasteiger partial charge in [-0.3, -0.25) is 4.79 Å². The number of nitrogens with two attached hydrogens (primary N) is 1. The van der Waals surface area contributed by atoms with E-state index in [1.807, 2.05) is 68.6 Å². The fourth-order valence-electron chi connectivity index (χ4n) is 2.62. The van der Waals surface area contributed by atoms with Crippen LogP contribution in [0, 0.1) is 13.8 Å². The molecule has 0 spiro atoms. The average Bonchev–Trinajstić information content (AvgIpc) is 3.23. The Morgan fingerprint density at radius 3 is 2.72 bits per heavy atom. The summed E-state index contributed by atoms with van der Waals surface area (Å²) in [5.41, 5.74) is 2.95. The molecule has 2 aromatic heterocycles. The number of rotatable bonds is 6. The van der Waals surface area contributed by atoms with Crippen molar-refractivity contribution in [2.45, 2.75) is 26.8 Å². The predicted molar refractivity (Wildman–Crippen MR) is 95.6 cm³/mol. The number of nitrogens with one attached hydrogen (secondary N) is 1. The van der Waals surface area contributed by atoms with Crippen LogP contribution in [0.15, 0.2) is 53.1 Å². The van der Waals surface area contributed by atoms with Gasteiger partial charge in [0.05, 0.1) is 17.6 Å². The van der Waals surface area contributed by atoms with Crippen LogP contribution in [0.1, 0.15) is 30.0 Å². The maximum atomic E-state index is 12.3. The van der Waals surface area contributed by atoms with Gasteiger partial charge in [0, 0.05) is 6.07 Å². The van der Waals surface area contributed by atoms with Gasteiger partial charge in [-0.25, -0.2) is 4.68 Å². The molecule has 0 radical (unpaired) electrons. The molecule has 1 atom stereocenters. The molecule has 0 saturated carbocycles. The summed E-state index contributed by atoms with van der Waals surface area (Å²) in [7, 11) is 0. The number of aromatic nitrogens is 2. The second-order valence-corrected chi connectivity index (χ2v) is 6.21. The van der Waals surface area contributed by atoms with Gasteiger partial charge in [0.2, 0.25) is 0 Å². The van der Waals surface area contributed by atoms with E-state index in [1.54, 1.807) is 10.9 Å². The number of quaternary nitrogens is 1. The highest BCUT2D eigenvalue weighted by Crippen LogP contribution is 2.17. The van der Waals surface area contributed by atoms with Crippen LogP contribution < -0.4 is 10.6 Å². The number of aryl methyl sites for hydroxylation is 2. The van der Waals surface area contributed by atoms with Crippen LogP contribution >= 0.6 is 0 Å². The van der Waals surface area contributed by atoms with E-state index < -0.39 is 0 Å². The van der Waals surface area contributed by atoms with E-state index in [9.17, 15) is 4.79 Å². The van der Waals surface area contributed by atoms with Crippen molar-refractivity contribution in [1.82, 2.24) is 9.78 Å². The fraction of sp³-hybridized carbons (Fsp3) is 0.263. The van der Waals surface area contributed by atoms with Gasteiger partial charge in [-0.1, -0.05) is 17.7 Å². The van der Waals surface area contributed by atoms with Crippen molar-refractivity contribution in [3.8, 4) is 5.69 Å². The Morgan fingerprint density at radius 1 is 1.28 bits per heavy atom. The number of amides is 1. The molecular weight excluding hydrogens is 316 g/mol. The first-order valence-electron chi connectivity index (χ1n) is 8.33. The fourth-order valence-corrected chi connectivity index (χ4v) is 2.62. The van der Waals surface area contributed by atoms with Gasteiger partial charge in [-0.15, -0.1) is 0 Å². The first kappa shape index (κ1) is 17.0. The normalized spacial score (nSPS) is 12.1. The molecule has 130 valence electrons. The summed E-state index contributed by atoms with van der Waals surface area (Å²) < 4.78 is 7.11. The topological polar surface area (TPSA) is 76.7 Å². The van der Waals surface area contributed by atoms with Gasteiger partial charge >= 0.3 is 0 Å². The molecular formula is C19H23N4O2+. The van der Waals surface area contributed by atoms with E-state index in [1.165, 1.54) is 5.56 Å². The largest absolute Gasteiger partial charge is 0.463 e. The molecule has 0 aliphatic carbocycles. The third kappa shape index (κ3) is 4.16. The molecule has 25 heavy (non-hydrogen) atoms. The average molecular weight is 339 g/mol.